The molecule has 0 atom stereocenters. The lowest BCUT2D eigenvalue weighted by atomic mass is 10.1. The number of amides is 1. The first-order valence-corrected chi connectivity index (χ1v) is 8.86. The summed E-state index contributed by atoms with van der Waals surface area (Å²) < 4.78 is 5.42. The van der Waals surface area contributed by atoms with Gasteiger partial charge in [-0.1, -0.05) is 24.3 Å². The highest BCUT2D eigenvalue weighted by molar-refractivity contribution is 7.17. The van der Waals surface area contributed by atoms with Gasteiger partial charge in [0.05, 0.1) is 18.1 Å². The summed E-state index contributed by atoms with van der Waals surface area (Å²) in [5.41, 5.74) is 2.53. The van der Waals surface area contributed by atoms with Crippen molar-refractivity contribution in [1.29, 1.82) is 0 Å². The van der Waals surface area contributed by atoms with E-state index in [1.54, 1.807) is 11.3 Å². The van der Waals surface area contributed by atoms with Crippen molar-refractivity contribution in [3.63, 3.8) is 0 Å². The number of ether oxygens (including phenoxy) is 1. The summed E-state index contributed by atoms with van der Waals surface area (Å²) in [7, 11) is 0. The number of thiophene rings is 1. The number of hydrogen-bond acceptors (Lipinski definition) is 4. The van der Waals surface area contributed by atoms with E-state index < -0.39 is 0 Å². The van der Waals surface area contributed by atoms with E-state index in [2.05, 4.69) is 34.5 Å². The monoisotopic (exact) mass is 330 g/mol. The molecule has 1 saturated heterocycles. The Morgan fingerprint density at radius 1 is 1.22 bits per heavy atom. The van der Waals surface area contributed by atoms with Crippen molar-refractivity contribution in [3.05, 3.63) is 46.8 Å². The van der Waals surface area contributed by atoms with Crippen molar-refractivity contribution in [1.82, 2.24) is 10.2 Å². The smallest absolute Gasteiger partial charge is 0.261 e. The molecule has 0 spiro atoms. The van der Waals surface area contributed by atoms with Gasteiger partial charge in [0.1, 0.15) is 0 Å². The van der Waals surface area contributed by atoms with Crippen LogP contribution < -0.4 is 5.32 Å². The van der Waals surface area contributed by atoms with E-state index in [1.807, 2.05) is 19.1 Å². The Morgan fingerprint density at radius 3 is 2.78 bits per heavy atom. The third-order valence-corrected chi connectivity index (χ3v) is 5.06. The van der Waals surface area contributed by atoms with Gasteiger partial charge in [-0.15, -0.1) is 11.3 Å². The Morgan fingerprint density at radius 2 is 2.00 bits per heavy atom. The largest absolute Gasteiger partial charge is 0.379 e. The molecule has 0 saturated carbocycles. The van der Waals surface area contributed by atoms with Crippen molar-refractivity contribution < 1.29 is 9.53 Å². The average Bonchev–Trinajstić information content (AvgIpc) is 3.06. The molecule has 5 heteroatoms. The van der Waals surface area contributed by atoms with Crippen LogP contribution in [0.5, 0.6) is 0 Å². The molecule has 122 valence electrons. The quantitative estimate of drug-likeness (QED) is 0.916. The lowest BCUT2D eigenvalue weighted by Gasteiger charge is -2.27. The molecule has 4 nitrogen and oxygen atoms in total. The Kier molecular flexibility index (Phi) is 5.43. The molecule has 2 heterocycles. The van der Waals surface area contributed by atoms with Crippen LogP contribution in [0.15, 0.2) is 36.4 Å². The summed E-state index contributed by atoms with van der Waals surface area (Å²) in [6.45, 7) is 7.08. The van der Waals surface area contributed by atoms with Crippen LogP contribution in [0.25, 0.3) is 10.4 Å². The van der Waals surface area contributed by atoms with Gasteiger partial charge in [-0.2, -0.15) is 0 Å². The number of rotatable bonds is 5. The molecule has 0 bridgehead atoms. The minimum atomic E-state index is 0.00871. The fraction of sp³-hybridized carbons (Fsp3) is 0.389. The highest BCUT2D eigenvalue weighted by Crippen LogP contribution is 2.31. The number of nitrogens with zero attached hydrogens (tertiary/aromatic N) is 1. The SMILES string of the molecule is CCNC(=O)c1ccc(-c2ccccc2CN2CCOCC2)s1. The summed E-state index contributed by atoms with van der Waals surface area (Å²) in [6, 6.07) is 12.4. The summed E-state index contributed by atoms with van der Waals surface area (Å²) in [4.78, 5) is 16.3. The third-order valence-electron chi connectivity index (χ3n) is 3.95. The highest BCUT2D eigenvalue weighted by Gasteiger charge is 2.15. The first-order chi connectivity index (χ1) is 11.3. The lowest BCUT2D eigenvalue weighted by Crippen LogP contribution is -2.35. The predicted molar refractivity (Wildman–Crippen MR) is 93.9 cm³/mol. The first kappa shape index (κ1) is 16.2. The van der Waals surface area contributed by atoms with Crippen LogP contribution in [-0.2, 0) is 11.3 Å². The fourth-order valence-corrected chi connectivity index (χ4v) is 3.73. The van der Waals surface area contributed by atoms with Gasteiger partial charge < -0.3 is 10.1 Å². The van der Waals surface area contributed by atoms with E-state index in [-0.39, 0.29) is 5.91 Å². The molecule has 3 rings (SSSR count). The second kappa shape index (κ2) is 7.73. The fourth-order valence-electron chi connectivity index (χ4n) is 2.75. The first-order valence-electron chi connectivity index (χ1n) is 8.04. The Labute approximate surface area is 141 Å². The average molecular weight is 330 g/mol. The van der Waals surface area contributed by atoms with Crippen molar-refractivity contribution in [2.75, 3.05) is 32.8 Å². The van der Waals surface area contributed by atoms with Crippen LogP contribution in [-0.4, -0.2) is 43.7 Å². The van der Waals surface area contributed by atoms with E-state index in [9.17, 15) is 4.79 Å². The van der Waals surface area contributed by atoms with Gasteiger partial charge in [-0.05, 0) is 30.2 Å². The molecule has 1 aliphatic rings. The standard InChI is InChI=1S/C18H22N2O2S/c1-2-19-18(21)17-8-7-16(23-17)15-6-4-3-5-14(15)13-20-9-11-22-12-10-20/h3-8H,2,9-13H2,1H3,(H,19,21). The van der Waals surface area contributed by atoms with Crippen molar-refractivity contribution in [2.45, 2.75) is 13.5 Å². The lowest BCUT2D eigenvalue weighted by molar-refractivity contribution is 0.0342. The number of nitrogens with one attached hydrogen (secondary N) is 1. The molecular weight excluding hydrogens is 308 g/mol. The normalized spacial score (nSPS) is 15.5. The second-order valence-corrected chi connectivity index (χ2v) is 6.65. The molecule has 1 amide bonds. The molecule has 0 radical (unpaired) electrons. The molecule has 0 unspecified atom stereocenters. The molecule has 1 aliphatic heterocycles. The third kappa shape index (κ3) is 3.99. The van der Waals surface area contributed by atoms with Gasteiger partial charge in [0.15, 0.2) is 0 Å². The summed E-state index contributed by atoms with van der Waals surface area (Å²) in [5.74, 6) is 0.00871. The molecule has 1 fully saturated rings. The van der Waals surface area contributed by atoms with Gasteiger partial charge >= 0.3 is 0 Å². The van der Waals surface area contributed by atoms with Gasteiger partial charge in [-0.3, -0.25) is 9.69 Å². The van der Waals surface area contributed by atoms with Crippen LogP contribution >= 0.6 is 11.3 Å². The maximum atomic E-state index is 12.0. The zero-order valence-electron chi connectivity index (χ0n) is 13.4. The predicted octanol–water partition coefficient (Wildman–Crippen LogP) is 3.00. The van der Waals surface area contributed by atoms with Crippen LogP contribution in [0.4, 0.5) is 0 Å². The van der Waals surface area contributed by atoms with Crippen molar-refractivity contribution in [3.8, 4) is 10.4 Å². The van der Waals surface area contributed by atoms with Gasteiger partial charge in [-0.25, -0.2) is 0 Å². The van der Waals surface area contributed by atoms with Crippen LogP contribution in [0, 0.1) is 0 Å². The summed E-state index contributed by atoms with van der Waals surface area (Å²) in [5, 5.41) is 2.86. The van der Waals surface area contributed by atoms with E-state index >= 15 is 0 Å². The maximum absolute atomic E-state index is 12.0. The molecular formula is C18H22N2O2S. The van der Waals surface area contributed by atoms with E-state index in [4.69, 9.17) is 4.74 Å². The Balaban J connectivity index is 1.81. The topological polar surface area (TPSA) is 41.6 Å². The zero-order valence-corrected chi connectivity index (χ0v) is 14.2. The Hall–Kier alpha value is -1.69. The summed E-state index contributed by atoms with van der Waals surface area (Å²) >= 11 is 1.55. The van der Waals surface area contributed by atoms with Crippen LogP contribution in [0.1, 0.15) is 22.2 Å². The van der Waals surface area contributed by atoms with E-state index in [0.29, 0.717) is 6.54 Å². The Bertz CT molecular complexity index is 663. The molecule has 1 N–H and O–H groups in total. The zero-order chi connectivity index (χ0) is 16.1. The number of carbonyl (C=O) groups excluding carboxylic acids is 1. The minimum Gasteiger partial charge on any atom is -0.379 e. The van der Waals surface area contributed by atoms with Gasteiger partial charge in [0.2, 0.25) is 0 Å². The van der Waals surface area contributed by atoms with Crippen molar-refractivity contribution >= 4 is 17.2 Å². The molecule has 2 aromatic rings. The van der Waals surface area contributed by atoms with E-state index in [0.717, 1.165) is 42.6 Å². The van der Waals surface area contributed by atoms with Crippen molar-refractivity contribution in [2.24, 2.45) is 0 Å². The molecule has 1 aromatic heterocycles. The number of hydrogen-bond donors (Lipinski definition) is 1. The van der Waals surface area contributed by atoms with Gasteiger partial charge in [0.25, 0.3) is 5.91 Å². The molecule has 1 aromatic carbocycles. The maximum Gasteiger partial charge on any atom is 0.261 e. The summed E-state index contributed by atoms with van der Waals surface area (Å²) in [6.07, 6.45) is 0. The molecule has 0 aliphatic carbocycles. The molecule has 23 heavy (non-hydrogen) atoms. The number of benzene rings is 1. The van der Waals surface area contributed by atoms with Crippen LogP contribution in [0.3, 0.4) is 0 Å². The van der Waals surface area contributed by atoms with Crippen LogP contribution in [0.2, 0.25) is 0 Å². The van der Waals surface area contributed by atoms with Gasteiger partial charge in [0, 0.05) is 31.1 Å². The van der Waals surface area contributed by atoms with E-state index in [1.165, 1.54) is 11.1 Å². The minimum absolute atomic E-state index is 0.00871. The second-order valence-electron chi connectivity index (χ2n) is 5.57. The number of carbonyl (C=O) groups is 1. The highest BCUT2D eigenvalue weighted by atomic mass is 32.1. The number of morpholine rings is 1.